The minimum absolute atomic E-state index is 0.164. The van der Waals surface area contributed by atoms with E-state index in [1.807, 2.05) is 0 Å². The van der Waals surface area contributed by atoms with Crippen LogP contribution in [0, 0.1) is 6.92 Å². The summed E-state index contributed by atoms with van der Waals surface area (Å²) in [6.45, 7) is 1.23. The Hall–Kier alpha value is -0.840. The van der Waals surface area contributed by atoms with Gasteiger partial charge in [0.2, 0.25) is 5.28 Å². The van der Waals surface area contributed by atoms with Crippen molar-refractivity contribution in [3.8, 4) is 0 Å². The smallest absolute Gasteiger partial charge is 0.226 e. The zero-order chi connectivity index (χ0) is 9.35. The fourth-order valence-corrected chi connectivity index (χ4v) is 0.893. The van der Waals surface area contributed by atoms with E-state index in [0.29, 0.717) is 6.20 Å². The number of nitrogens with zero attached hydrogens (tertiary/aromatic N) is 2. The van der Waals surface area contributed by atoms with Gasteiger partial charge < -0.3 is 0 Å². The molecule has 0 aliphatic rings. The lowest BCUT2D eigenvalue weighted by molar-refractivity contribution is -0.138. The van der Waals surface area contributed by atoms with Crippen molar-refractivity contribution in [2.75, 3.05) is 0 Å². The van der Waals surface area contributed by atoms with Crippen molar-refractivity contribution in [2.24, 2.45) is 0 Å². The minimum atomic E-state index is -4.41. The van der Waals surface area contributed by atoms with Crippen LogP contribution in [-0.2, 0) is 6.18 Å². The second-order valence-electron chi connectivity index (χ2n) is 2.14. The summed E-state index contributed by atoms with van der Waals surface area (Å²) in [5.41, 5.74) is -1.02. The molecule has 0 amide bonds. The van der Waals surface area contributed by atoms with Crippen LogP contribution in [-0.4, -0.2) is 9.97 Å². The van der Waals surface area contributed by atoms with E-state index in [9.17, 15) is 13.2 Å². The monoisotopic (exact) mass is 196 g/mol. The standard InChI is InChI=1S/C6H4ClF3N2/c1-3-4(6(8,9)10)2-11-5(7)12-3/h2H,1H3. The number of aromatic nitrogens is 2. The average Bonchev–Trinajstić information content (AvgIpc) is 1.83. The Morgan fingerprint density at radius 1 is 1.42 bits per heavy atom. The Bertz CT molecular complexity index is 297. The Kier molecular flexibility index (Phi) is 2.23. The molecule has 0 bridgehead atoms. The van der Waals surface area contributed by atoms with Crippen molar-refractivity contribution >= 4 is 11.6 Å². The van der Waals surface area contributed by atoms with E-state index < -0.39 is 11.7 Å². The number of aryl methyl sites for hydroxylation is 1. The van der Waals surface area contributed by atoms with Gasteiger partial charge in [-0.3, -0.25) is 0 Å². The molecule has 0 radical (unpaired) electrons. The molecule has 0 saturated heterocycles. The molecule has 1 aromatic rings. The average molecular weight is 197 g/mol. The number of hydrogen-bond donors (Lipinski definition) is 0. The summed E-state index contributed by atoms with van der Waals surface area (Å²) in [5.74, 6) is 0. The molecule has 6 heteroatoms. The maximum absolute atomic E-state index is 12.1. The quantitative estimate of drug-likeness (QED) is 0.596. The third-order valence-corrected chi connectivity index (χ3v) is 1.44. The van der Waals surface area contributed by atoms with Crippen LogP contribution in [0.1, 0.15) is 11.3 Å². The van der Waals surface area contributed by atoms with Gasteiger partial charge in [-0.1, -0.05) is 0 Å². The van der Waals surface area contributed by atoms with E-state index in [0.717, 1.165) is 0 Å². The lowest BCUT2D eigenvalue weighted by Crippen LogP contribution is -2.09. The van der Waals surface area contributed by atoms with Crippen molar-refractivity contribution in [2.45, 2.75) is 13.1 Å². The van der Waals surface area contributed by atoms with Crippen LogP contribution in [0.4, 0.5) is 13.2 Å². The summed E-state index contributed by atoms with van der Waals surface area (Å²) in [5, 5.41) is -0.180. The Balaban J connectivity index is 3.19. The predicted molar refractivity (Wildman–Crippen MR) is 36.8 cm³/mol. The molecule has 0 atom stereocenters. The lowest BCUT2D eigenvalue weighted by Gasteiger charge is -2.07. The van der Waals surface area contributed by atoms with Crippen molar-refractivity contribution < 1.29 is 13.2 Å². The summed E-state index contributed by atoms with van der Waals surface area (Å²) in [6, 6.07) is 0. The maximum Gasteiger partial charge on any atom is 0.419 e. The Morgan fingerprint density at radius 2 is 2.00 bits per heavy atom. The first-order chi connectivity index (χ1) is 5.41. The van der Waals surface area contributed by atoms with E-state index in [2.05, 4.69) is 9.97 Å². The van der Waals surface area contributed by atoms with Crippen molar-refractivity contribution in [3.63, 3.8) is 0 Å². The summed E-state index contributed by atoms with van der Waals surface area (Å²) < 4.78 is 36.2. The zero-order valence-electron chi connectivity index (χ0n) is 5.98. The SMILES string of the molecule is Cc1nc(Cl)ncc1C(F)(F)F. The molecule has 0 spiro atoms. The molecule has 0 aromatic carbocycles. The van der Waals surface area contributed by atoms with Gasteiger partial charge in [0.15, 0.2) is 0 Å². The van der Waals surface area contributed by atoms with Crippen LogP contribution in [0.5, 0.6) is 0 Å². The molecule has 0 saturated carbocycles. The van der Waals surface area contributed by atoms with Crippen molar-refractivity contribution in [3.05, 3.63) is 22.7 Å². The molecule has 66 valence electrons. The highest BCUT2D eigenvalue weighted by atomic mass is 35.5. The highest BCUT2D eigenvalue weighted by molar-refractivity contribution is 6.28. The van der Waals surface area contributed by atoms with Crippen molar-refractivity contribution in [1.29, 1.82) is 0 Å². The predicted octanol–water partition coefficient (Wildman–Crippen LogP) is 2.46. The van der Waals surface area contributed by atoms with Gasteiger partial charge in [0, 0.05) is 6.20 Å². The highest BCUT2D eigenvalue weighted by Gasteiger charge is 2.33. The van der Waals surface area contributed by atoms with E-state index in [1.54, 1.807) is 0 Å². The number of hydrogen-bond acceptors (Lipinski definition) is 2. The summed E-state index contributed by atoms with van der Waals surface area (Å²) in [6.07, 6.45) is -3.74. The molecule has 2 nitrogen and oxygen atoms in total. The topological polar surface area (TPSA) is 25.8 Å². The van der Waals surface area contributed by atoms with E-state index >= 15 is 0 Å². The second-order valence-corrected chi connectivity index (χ2v) is 2.47. The minimum Gasteiger partial charge on any atom is -0.226 e. The van der Waals surface area contributed by atoms with Crippen LogP contribution < -0.4 is 0 Å². The fourth-order valence-electron chi connectivity index (χ4n) is 0.717. The summed E-state index contributed by atoms with van der Waals surface area (Å²) in [4.78, 5) is 6.62. The number of alkyl halides is 3. The molecule has 1 aromatic heterocycles. The Morgan fingerprint density at radius 3 is 2.42 bits per heavy atom. The van der Waals surface area contributed by atoms with Gasteiger partial charge in [0.25, 0.3) is 0 Å². The number of rotatable bonds is 0. The first-order valence-electron chi connectivity index (χ1n) is 2.97. The normalized spacial score (nSPS) is 11.8. The van der Waals surface area contributed by atoms with Gasteiger partial charge in [-0.15, -0.1) is 0 Å². The third kappa shape index (κ3) is 1.85. The second kappa shape index (κ2) is 2.90. The molecule has 0 unspecified atom stereocenters. The number of halogens is 4. The molecule has 1 rings (SSSR count). The first-order valence-corrected chi connectivity index (χ1v) is 3.35. The van der Waals surface area contributed by atoms with E-state index in [-0.39, 0.29) is 11.0 Å². The first kappa shape index (κ1) is 9.25. The van der Waals surface area contributed by atoms with Gasteiger partial charge in [0.1, 0.15) is 0 Å². The van der Waals surface area contributed by atoms with Gasteiger partial charge in [-0.05, 0) is 18.5 Å². The largest absolute Gasteiger partial charge is 0.419 e. The summed E-state index contributed by atoms with van der Waals surface area (Å²) >= 11 is 5.28. The van der Waals surface area contributed by atoms with Crippen LogP contribution in [0.15, 0.2) is 6.20 Å². The van der Waals surface area contributed by atoms with Crippen LogP contribution >= 0.6 is 11.6 Å². The highest BCUT2D eigenvalue weighted by Crippen LogP contribution is 2.30. The maximum atomic E-state index is 12.1. The molecule has 12 heavy (non-hydrogen) atoms. The summed E-state index contributed by atoms with van der Waals surface area (Å²) in [7, 11) is 0. The molecular formula is C6H4ClF3N2. The third-order valence-electron chi connectivity index (χ3n) is 1.26. The molecule has 0 fully saturated rings. The zero-order valence-corrected chi connectivity index (χ0v) is 6.74. The van der Waals surface area contributed by atoms with E-state index in [1.165, 1.54) is 6.92 Å². The van der Waals surface area contributed by atoms with Gasteiger partial charge in [-0.25, -0.2) is 9.97 Å². The molecule has 0 N–H and O–H groups in total. The van der Waals surface area contributed by atoms with Gasteiger partial charge in [0.05, 0.1) is 11.3 Å². The molecule has 1 heterocycles. The van der Waals surface area contributed by atoms with E-state index in [4.69, 9.17) is 11.6 Å². The van der Waals surface area contributed by atoms with Gasteiger partial charge >= 0.3 is 6.18 Å². The van der Waals surface area contributed by atoms with Crippen LogP contribution in [0.25, 0.3) is 0 Å². The fraction of sp³-hybridized carbons (Fsp3) is 0.333. The molecule has 0 aliphatic heterocycles. The van der Waals surface area contributed by atoms with Crippen LogP contribution in [0.2, 0.25) is 5.28 Å². The van der Waals surface area contributed by atoms with Gasteiger partial charge in [-0.2, -0.15) is 13.2 Å². The molecular weight excluding hydrogens is 193 g/mol. The molecule has 0 aliphatic carbocycles. The Labute approximate surface area is 71.4 Å². The lowest BCUT2D eigenvalue weighted by atomic mass is 10.2. The van der Waals surface area contributed by atoms with Crippen molar-refractivity contribution in [1.82, 2.24) is 9.97 Å². The van der Waals surface area contributed by atoms with Crippen LogP contribution in [0.3, 0.4) is 0 Å².